The minimum absolute atomic E-state index is 0.142. The highest BCUT2D eigenvalue weighted by atomic mass is 32.1. The number of hydrogen-bond donors (Lipinski definition) is 1. The van der Waals surface area contributed by atoms with E-state index in [-0.39, 0.29) is 5.97 Å². The molecule has 4 nitrogen and oxygen atoms in total. The van der Waals surface area contributed by atoms with Crippen LogP contribution in [0.5, 0.6) is 0 Å². The summed E-state index contributed by atoms with van der Waals surface area (Å²) in [5.41, 5.74) is 1.04. The summed E-state index contributed by atoms with van der Waals surface area (Å²) >= 11 is 5.09. The molecule has 1 aromatic heterocycles. The van der Waals surface area contributed by atoms with Gasteiger partial charge in [0.25, 0.3) is 0 Å². The first-order chi connectivity index (χ1) is 7.13. The molecular formula is C10H16N2O2S. The molecule has 0 amide bonds. The van der Waals surface area contributed by atoms with Gasteiger partial charge < -0.3 is 14.3 Å². The molecule has 0 aliphatic heterocycles. The fraction of sp³-hybridized carbons (Fsp3) is 0.600. The Hall–Kier alpha value is -1.10. The smallest absolute Gasteiger partial charge is 0.305 e. The van der Waals surface area contributed by atoms with Crippen molar-refractivity contribution in [1.29, 1.82) is 0 Å². The summed E-state index contributed by atoms with van der Waals surface area (Å²) in [4.78, 5) is 14.1. The highest BCUT2D eigenvalue weighted by Crippen LogP contribution is 2.01. The quantitative estimate of drug-likeness (QED) is 0.621. The second-order valence-electron chi connectivity index (χ2n) is 3.34. The molecule has 15 heavy (non-hydrogen) atoms. The number of carbonyl (C=O) groups is 1. The molecule has 0 saturated heterocycles. The molecule has 1 N–H and O–H groups in total. The standard InChI is InChI=1S/C10H16N2O2S/c1-3-14-9(13)5-4-6-12-7-8(2)11-10(12)15/h7H,3-6H2,1-2H3,(H,11,15). The average molecular weight is 228 g/mol. The van der Waals surface area contributed by atoms with Gasteiger partial charge in [0.15, 0.2) is 4.77 Å². The van der Waals surface area contributed by atoms with Crippen LogP contribution in [0.4, 0.5) is 0 Å². The van der Waals surface area contributed by atoms with Gasteiger partial charge in [0.05, 0.1) is 6.61 Å². The van der Waals surface area contributed by atoms with E-state index in [0.29, 0.717) is 17.8 Å². The van der Waals surface area contributed by atoms with E-state index in [1.807, 2.05) is 24.6 Å². The monoisotopic (exact) mass is 228 g/mol. The number of imidazole rings is 1. The number of nitrogens with zero attached hydrogens (tertiary/aromatic N) is 1. The Bertz CT molecular complexity index is 381. The summed E-state index contributed by atoms with van der Waals surface area (Å²) in [6.07, 6.45) is 3.15. The first kappa shape index (κ1) is 12.0. The lowest BCUT2D eigenvalue weighted by Crippen LogP contribution is -2.06. The van der Waals surface area contributed by atoms with Crippen molar-refractivity contribution in [2.45, 2.75) is 33.2 Å². The number of aromatic nitrogens is 2. The van der Waals surface area contributed by atoms with Gasteiger partial charge in [-0.25, -0.2) is 0 Å². The molecule has 0 unspecified atom stereocenters. The number of carbonyl (C=O) groups excluding carboxylic acids is 1. The molecule has 0 radical (unpaired) electrons. The van der Waals surface area contributed by atoms with E-state index < -0.39 is 0 Å². The molecule has 0 aromatic carbocycles. The number of H-pyrrole nitrogens is 1. The SMILES string of the molecule is CCOC(=O)CCCn1cc(C)[nH]c1=S. The number of esters is 1. The topological polar surface area (TPSA) is 47.0 Å². The summed E-state index contributed by atoms with van der Waals surface area (Å²) in [6.45, 7) is 4.96. The van der Waals surface area contributed by atoms with Crippen LogP contribution in [0.3, 0.4) is 0 Å². The van der Waals surface area contributed by atoms with Gasteiger partial charge in [0.2, 0.25) is 0 Å². The minimum Gasteiger partial charge on any atom is -0.466 e. The van der Waals surface area contributed by atoms with Crippen LogP contribution in [0.25, 0.3) is 0 Å². The third-order valence-corrected chi connectivity index (χ3v) is 2.34. The van der Waals surface area contributed by atoms with Gasteiger partial charge in [-0.2, -0.15) is 0 Å². The van der Waals surface area contributed by atoms with Crippen LogP contribution in [0.1, 0.15) is 25.5 Å². The number of aromatic amines is 1. The van der Waals surface area contributed by atoms with E-state index in [2.05, 4.69) is 4.98 Å². The lowest BCUT2D eigenvalue weighted by Gasteiger charge is -2.02. The highest BCUT2D eigenvalue weighted by molar-refractivity contribution is 7.71. The Labute approximate surface area is 94.3 Å². The molecule has 1 rings (SSSR count). The lowest BCUT2D eigenvalue weighted by molar-refractivity contribution is -0.143. The Morgan fingerprint density at radius 3 is 2.93 bits per heavy atom. The third-order valence-electron chi connectivity index (χ3n) is 2.00. The maximum absolute atomic E-state index is 11.1. The van der Waals surface area contributed by atoms with Gasteiger partial charge in [-0.15, -0.1) is 0 Å². The van der Waals surface area contributed by atoms with Crippen molar-refractivity contribution < 1.29 is 9.53 Å². The van der Waals surface area contributed by atoms with E-state index in [4.69, 9.17) is 17.0 Å². The summed E-state index contributed by atoms with van der Waals surface area (Å²) in [5.74, 6) is -0.142. The molecule has 0 aliphatic rings. The fourth-order valence-corrected chi connectivity index (χ4v) is 1.66. The largest absolute Gasteiger partial charge is 0.466 e. The Kier molecular flexibility index (Phi) is 4.55. The summed E-state index contributed by atoms with van der Waals surface area (Å²) < 4.78 is 7.47. The molecular weight excluding hydrogens is 212 g/mol. The molecule has 84 valence electrons. The van der Waals surface area contributed by atoms with Crippen molar-refractivity contribution in [2.75, 3.05) is 6.61 Å². The molecule has 0 aliphatic carbocycles. The zero-order valence-electron chi connectivity index (χ0n) is 9.08. The van der Waals surface area contributed by atoms with Gasteiger partial charge in [0.1, 0.15) is 0 Å². The van der Waals surface area contributed by atoms with Crippen LogP contribution in [0.2, 0.25) is 0 Å². The molecule has 5 heteroatoms. The second kappa shape index (κ2) is 5.70. The van der Waals surface area contributed by atoms with E-state index in [0.717, 1.165) is 18.7 Å². The molecule has 1 aromatic rings. The maximum Gasteiger partial charge on any atom is 0.305 e. The first-order valence-electron chi connectivity index (χ1n) is 5.05. The fourth-order valence-electron chi connectivity index (χ4n) is 1.36. The predicted octanol–water partition coefficient (Wildman–Crippen LogP) is 2.20. The van der Waals surface area contributed by atoms with Crippen molar-refractivity contribution in [3.05, 3.63) is 16.7 Å². The number of nitrogens with one attached hydrogen (secondary N) is 1. The maximum atomic E-state index is 11.1. The first-order valence-corrected chi connectivity index (χ1v) is 5.46. The summed E-state index contributed by atoms with van der Waals surface area (Å²) in [6, 6.07) is 0. The molecule has 0 fully saturated rings. The lowest BCUT2D eigenvalue weighted by atomic mass is 10.3. The Morgan fingerprint density at radius 2 is 2.40 bits per heavy atom. The van der Waals surface area contributed by atoms with Crippen molar-refractivity contribution >= 4 is 18.2 Å². The van der Waals surface area contributed by atoms with E-state index >= 15 is 0 Å². The molecule has 0 atom stereocenters. The van der Waals surface area contributed by atoms with Crippen LogP contribution >= 0.6 is 12.2 Å². The zero-order chi connectivity index (χ0) is 11.3. The van der Waals surface area contributed by atoms with E-state index in [9.17, 15) is 4.79 Å². The van der Waals surface area contributed by atoms with Gasteiger partial charge in [-0.05, 0) is 32.5 Å². The third kappa shape index (κ3) is 3.87. The van der Waals surface area contributed by atoms with E-state index in [1.165, 1.54) is 0 Å². The van der Waals surface area contributed by atoms with E-state index in [1.54, 1.807) is 0 Å². The summed E-state index contributed by atoms with van der Waals surface area (Å²) in [5, 5.41) is 0. The van der Waals surface area contributed by atoms with Crippen molar-refractivity contribution in [3.8, 4) is 0 Å². The van der Waals surface area contributed by atoms with Crippen molar-refractivity contribution in [3.63, 3.8) is 0 Å². The molecule has 0 spiro atoms. The van der Waals surface area contributed by atoms with Crippen molar-refractivity contribution in [2.24, 2.45) is 0 Å². The zero-order valence-corrected chi connectivity index (χ0v) is 9.89. The minimum atomic E-state index is -0.142. The van der Waals surface area contributed by atoms with Gasteiger partial charge in [-0.3, -0.25) is 4.79 Å². The number of hydrogen-bond acceptors (Lipinski definition) is 3. The van der Waals surface area contributed by atoms with Crippen LogP contribution < -0.4 is 0 Å². The Morgan fingerprint density at radius 1 is 1.67 bits per heavy atom. The normalized spacial score (nSPS) is 10.3. The number of rotatable bonds is 5. The Balaban J connectivity index is 2.35. The number of ether oxygens (including phenoxy) is 1. The molecule has 0 bridgehead atoms. The highest BCUT2D eigenvalue weighted by Gasteiger charge is 2.02. The average Bonchev–Trinajstić information content (AvgIpc) is 2.46. The predicted molar refractivity (Wildman–Crippen MR) is 60.2 cm³/mol. The van der Waals surface area contributed by atoms with Crippen molar-refractivity contribution in [1.82, 2.24) is 9.55 Å². The van der Waals surface area contributed by atoms with Crippen LogP contribution in [-0.2, 0) is 16.1 Å². The van der Waals surface area contributed by atoms with Crippen LogP contribution in [-0.4, -0.2) is 22.1 Å². The number of aryl methyl sites for hydroxylation is 2. The second-order valence-corrected chi connectivity index (χ2v) is 3.73. The van der Waals surface area contributed by atoms with Gasteiger partial charge >= 0.3 is 5.97 Å². The summed E-state index contributed by atoms with van der Waals surface area (Å²) in [7, 11) is 0. The van der Waals surface area contributed by atoms with Gasteiger partial charge in [-0.1, -0.05) is 0 Å². The molecule has 1 heterocycles. The molecule has 0 saturated carbocycles. The van der Waals surface area contributed by atoms with Crippen LogP contribution in [0.15, 0.2) is 6.20 Å². The van der Waals surface area contributed by atoms with Gasteiger partial charge in [0, 0.05) is 24.9 Å². The van der Waals surface area contributed by atoms with Crippen LogP contribution in [0, 0.1) is 11.7 Å².